The van der Waals surface area contributed by atoms with E-state index >= 15 is 0 Å². The summed E-state index contributed by atoms with van der Waals surface area (Å²) in [6.45, 7) is 0. The zero-order chi connectivity index (χ0) is 16.2. The molecule has 0 fully saturated rings. The average Bonchev–Trinajstić information content (AvgIpc) is 3.06. The molecule has 0 atom stereocenters. The molecule has 1 heterocycles. The molecule has 0 aliphatic heterocycles. The molecular weight excluding hydrogens is 324 g/mol. The fourth-order valence-corrected chi connectivity index (χ4v) is 4.16. The fourth-order valence-electron chi connectivity index (χ4n) is 2.42. The second-order valence-electron chi connectivity index (χ2n) is 4.94. The Morgan fingerprint density at radius 1 is 1.04 bits per heavy atom. The highest BCUT2D eigenvalue weighted by Crippen LogP contribution is 2.38. The van der Waals surface area contributed by atoms with E-state index in [2.05, 4.69) is 5.38 Å². The highest BCUT2D eigenvalue weighted by atomic mass is 32.2. The lowest BCUT2D eigenvalue weighted by molar-refractivity contribution is 0.103. The summed E-state index contributed by atoms with van der Waals surface area (Å²) in [4.78, 5) is 13.0. The SMILES string of the molecule is COc1ccc(C(=O)c2c(-c3ccccc3)csc2SC)cc1. The predicted molar refractivity (Wildman–Crippen MR) is 98.0 cm³/mol. The average molecular weight is 340 g/mol. The van der Waals surface area contributed by atoms with Gasteiger partial charge in [-0.1, -0.05) is 30.3 Å². The van der Waals surface area contributed by atoms with E-state index in [1.807, 2.05) is 60.9 Å². The number of hydrogen-bond acceptors (Lipinski definition) is 4. The lowest BCUT2D eigenvalue weighted by atomic mass is 9.98. The van der Waals surface area contributed by atoms with Crippen LogP contribution >= 0.6 is 23.1 Å². The number of benzene rings is 2. The van der Waals surface area contributed by atoms with Crippen LogP contribution in [0.1, 0.15) is 15.9 Å². The number of carbonyl (C=O) groups excluding carboxylic acids is 1. The zero-order valence-electron chi connectivity index (χ0n) is 12.9. The number of carbonyl (C=O) groups is 1. The topological polar surface area (TPSA) is 26.3 Å². The van der Waals surface area contributed by atoms with Crippen LogP contribution in [0.3, 0.4) is 0 Å². The minimum absolute atomic E-state index is 0.0529. The van der Waals surface area contributed by atoms with Gasteiger partial charge in [0.05, 0.1) is 16.9 Å². The predicted octanol–water partition coefficient (Wildman–Crippen LogP) is 5.38. The van der Waals surface area contributed by atoms with E-state index in [1.54, 1.807) is 30.2 Å². The normalized spacial score (nSPS) is 10.5. The number of hydrogen-bond donors (Lipinski definition) is 0. The standard InChI is InChI=1S/C19H16O2S2/c1-21-15-10-8-14(9-11-15)18(20)17-16(12-23-19(17)22-2)13-6-4-3-5-7-13/h3-12H,1-2H3. The number of rotatable bonds is 5. The molecule has 0 bridgehead atoms. The van der Waals surface area contributed by atoms with Crippen molar-refractivity contribution >= 4 is 28.9 Å². The van der Waals surface area contributed by atoms with Crippen LogP contribution in [0.2, 0.25) is 0 Å². The summed E-state index contributed by atoms with van der Waals surface area (Å²) in [5.74, 6) is 0.803. The molecule has 3 rings (SSSR count). The fraction of sp³-hybridized carbons (Fsp3) is 0.105. The Morgan fingerprint density at radius 2 is 1.74 bits per heavy atom. The molecule has 116 valence electrons. The van der Waals surface area contributed by atoms with Crippen molar-refractivity contribution in [2.24, 2.45) is 0 Å². The Labute approximate surface area is 144 Å². The van der Waals surface area contributed by atoms with E-state index in [0.717, 1.165) is 26.6 Å². The third kappa shape index (κ3) is 3.19. The third-order valence-electron chi connectivity index (χ3n) is 3.61. The van der Waals surface area contributed by atoms with Gasteiger partial charge in [0, 0.05) is 16.5 Å². The summed E-state index contributed by atoms with van der Waals surface area (Å²) in [6.07, 6.45) is 2.01. The molecule has 4 heteroatoms. The minimum Gasteiger partial charge on any atom is -0.497 e. The molecule has 0 N–H and O–H groups in total. The van der Waals surface area contributed by atoms with Crippen molar-refractivity contribution in [3.05, 3.63) is 71.1 Å². The van der Waals surface area contributed by atoms with Gasteiger partial charge in [0.2, 0.25) is 0 Å². The van der Waals surface area contributed by atoms with Crippen LogP contribution in [0.15, 0.2) is 64.2 Å². The first-order valence-corrected chi connectivity index (χ1v) is 9.24. The number of thiophene rings is 1. The summed E-state index contributed by atoms with van der Waals surface area (Å²) in [7, 11) is 1.62. The maximum Gasteiger partial charge on any atom is 0.195 e. The molecule has 0 unspecified atom stereocenters. The first-order valence-electron chi connectivity index (χ1n) is 7.14. The van der Waals surface area contributed by atoms with E-state index in [1.165, 1.54) is 0 Å². The summed E-state index contributed by atoms with van der Waals surface area (Å²) < 4.78 is 6.21. The van der Waals surface area contributed by atoms with Gasteiger partial charge in [-0.15, -0.1) is 23.1 Å². The maximum absolute atomic E-state index is 13.0. The smallest absolute Gasteiger partial charge is 0.195 e. The highest BCUT2D eigenvalue weighted by molar-refractivity contribution is 8.00. The van der Waals surface area contributed by atoms with Gasteiger partial charge in [-0.05, 0) is 36.1 Å². The Bertz CT molecular complexity index is 805. The summed E-state index contributed by atoms with van der Waals surface area (Å²) >= 11 is 3.23. The Balaban J connectivity index is 2.07. The van der Waals surface area contributed by atoms with Gasteiger partial charge in [0.15, 0.2) is 5.78 Å². The van der Waals surface area contributed by atoms with Crippen LogP contribution in [0.4, 0.5) is 0 Å². The van der Waals surface area contributed by atoms with Crippen LogP contribution in [0.5, 0.6) is 5.75 Å². The monoisotopic (exact) mass is 340 g/mol. The molecule has 2 nitrogen and oxygen atoms in total. The summed E-state index contributed by atoms with van der Waals surface area (Å²) in [6, 6.07) is 17.3. The molecule has 0 saturated heterocycles. The van der Waals surface area contributed by atoms with Gasteiger partial charge in [0.25, 0.3) is 0 Å². The molecule has 0 aliphatic carbocycles. The quantitative estimate of drug-likeness (QED) is 0.461. The van der Waals surface area contributed by atoms with E-state index in [4.69, 9.17) is 4.74 Å². The summed E-state index contributed by atoms with van der Waals surface area (Å²) in [5.41, 5.74) is 3.54. The zero-order valence-corrected chi connectivity index (χ0v) is 14.5. The molecule has 2 aromatic carbocycles. The van der Waals surface area contributed by atoms with Crippen molar-refractivity contribution < 1.29 is 9.53 Å². The van der Waals surface area contributed by atoms with Gasteiger partial charge in [-0.3, -0.25) is 4.79 Å². The van der Waals surface area contributed by atoms with Crippen LogP contribution in [0.25, 0.3) is 11.1 Å². The molecular formula is C19H16O2S2. The van der Waals surface area contributed by atoms with Crippen molar-refractivity contribution in [3.63, 3.8) is 0 Å². The van der Waals surface area contributed by atoms with Crippen molar-refractivity contribution in [1.29, 1.82) is 0 Å². The molecule has 0 radical (unpaired) electrons. The highest BCUT2D eigenvalue weighted by Gasteiger charge is 2.21. The van der Waals surface area contributed by atoms with Gasteiger partial charge in [0.1, 0.15) is 5.75 Å². The van der Waals surface area contributed by atoms with Gasteiger partial charge < -0.3 is 4.74 Å². The third-order valence-corrected chi connectivity index (χ3v) is 5.74. The number of ether oxygens (including phenoxy) is 1. The first kappa shape index (κ1) is 15.8. The maximum atomic E-state index is 13.0. The number of thioether (sulfide) groups is 1. The number of methoxy groups -OCH3 is 1. The second-order valence-corrected chi connectivity index (χ2v) is 6.89. The molecule has 0 amide bonds. The lowest BCUT2D eigenvalue weighted by Crippen LogP contribution is -2.03. The molecule has 23 heavy (non-hydrogen) atoms. The Kier molecular flexibility index (Phi) is 4.84. The summed E-state index contributed by atoms with van der Waals surface area (Å²) in [5, 5.41) is 2.07. The van der Waals surface area contributed by atoms with E-state index in [0.29, 0.717) is 5.56 Å². The number of ketones is 1. The minimum atomic E-state index is 0.0529. The van der Waals surface area contributed by atoms with Crippen LogP contribution < -0.4 is 4.74 Å². The van der Waals surface area contributed by atoms with Crippen molar-refractivity contribution in [2.45, 2.75) is 4.21 Å². The van der Waals surface area contributed by atoms with Gasteiger partial charge >= 0.3 is 0 Å². The molecule has 0 saturated carbocycles. The molecule has 3 aromatic rings. The van der Waals surface area contributed by atoms with Gasteiger partial charge in [-0.25, -0.2) is 0 Å². The van der Waals surface area contributed by atoms with Gasteiger partial charge in [-0.2, -0.15) is 0 Å². The van der Waals surface area contributed by atoms with E-state index < -0.39 is 0 Å². The molecule has 0 aliphatic rings. The van der Waals surface area contributed by atoms with E-state index in [9.17, 15) is 4.79 Å². The van der Waals surface area contributed by atoms with Crippen LogP contribution in [0, 0.1) is 0 Å². The van der Waals surface area contributed by atoms with Crippen molar-refractivity contribution in [1.82, 2.24) is 0 Å². The molecule has 1 aromatic heterocycles. The van der Waals surface area contributed by atoms with Crippen molar-refractivity contribution in [2.75, 3.05) is 13.4 Å². The Morgan fingerprint density at radius 3 is 2.35 bits per heavy atom. The first-order chi connectivity index (χ1) is 11.2. The van der Waals surface area contributed by atoms with E-state index in [-0.39, 0.29) is 5.78 Å². The molecule has 0 spiro atoms. The largest absolute Gasteiger partial charge is 0.497 e. The van der Waals surface area contributed by atoms with Crippen LogP contribution in [-0.2, 0) is 0 Å². The second kappa shape index (κ2) is 7.02. The van der Waals surface area contributed by atoms with Crippen LogP contribution in [-0.4, -0.2) is 19.1 Å². The lowest BCUT2D eigenvalue weighted by Gasteiger charge is -2.07. The van der Waals surface area contributed by atoms with Crippen molar-refractivity contribution in [3.8, 4) is 16.9 Å². The Hall–Kier alpha value is -2.04.